The van der Waals surface area contributed by atoms with E-state index in [9.17, 15) is 13.2 Å². The Balaban J connectivity index is -0.0000000749. The Morgan fingerprint density at radius 2 is 0.723 bits per heavy atom. The average molecular weight is 1390 g/mol. The lowest BCUT2D eigenvalue weighted by atomic mass is 9.84. The van der Waals surface area contributed by atoms with Crippen molar-refractivity contribution in [2.75, 3.05) is 23.8 Å². The fraction of sp³-hybridized carbons (Fsp3) is 0.920. The molecule has 6 fully saturated rings. The average Bonchev–Trinajstić information content (AvgIpc) is 4.07. The first kappa shape index (κ1) is 108. The van der Waals surface area contributed by atoms with E-state index in [0.717, 1.165) is 66.1 Å². The third-order valence-electron chi connectivity index (χ3n) is 13.3. The number of hydrogen-bond acceptors (Lipinski definition) is 2. The number of aliphatic hydroxyl groups excluding tert-OH is 2. The lowest BCUT2D eigenvalue weighted by Gasteiger charge is -2.23. The fourth-order valence-corrected chi connectivity index (χ4v) is 6.79. The van der Waals surface area contributed by atoms with Crippen molar-refractivity contribution >= 4 is 50.1 Å². The molecule has 2 N–H and O–H groups in total. The molecule has 0 saturated heterocycles. The second-order valence-corrected chi connectivity index (χ2v) is 26.7. The minimum atomic E-state index is -4.00. The molecule has 1 aromatic rings. The Kier molecular flexibility index (Phi) is 110. The number of aliphatic hydroxyl groups is 2. The molecule has 0 unspecified atom stereocenters. The van der Waals surface area contributed by atoms with Gasteiger partial charge in [-0.1, -0.05) is 370 Å². The first-order valence-corrected chi connectivity index (χ1v) is 38.3. The molecule has 6 aliphatic carbocycles. The van der Waals surface area contributed by atoms with Crippen molar-refractivity contribution in [3.8, 4) is 0 Å². The van der Waals surface area contributed by atoms with Crippen LogP contribution in [0.25, 0.3) is 0 Å². The first-order chi connectivity index (χ1) is 38.3. The quantitative estimate of drug-likeness (QED) is 0.233. The lowest BCUT2D eigenvalue weighted by Crippen LogP contribution is -2.15. The van der Waals surface area contributed by atoms with Gasteiger partial charge in [0.2, 0.25) is 0 Å². The van der Waals surface area contributed by atoms with Gasteiger partial charge in [-0.25, -0.2) is 0 Å². The Labute approximate surface area is 553 Å². The van der Waals surface area contributed by atoms with E-state index in [1.807, 2.05) is 42.8 Å². The highest BCUT2D eigenvalue weighted by Gasteiger charge is 2.17. The van der Waals surface area contributed by atoms with Crippen molar-refractivity contribution in [2.45, 2.75) is 360 Å². The summed E-state index contributed by atoms with van der Waals surface area (Å²) in [5.74, 6) is 11.1. The summed E-state index contributed by atoms with van der Waals surface area (Å²) >= 11 is 9.73. The zero-order valence-corrected chi connectivity index (χ0v) is 65.5. The highest BCUT2D eigenvalue weighted by atomic mass is 127. The van der Waals surface area contributed by atoms with Crippen LogP contribution in [-0.2, 0) is 0 Å². The van der Waals surface area contributed by atoms with Crippen LogP contribution in [-0.4, -0.2) is 46.2 Å². The van der Waals surface area contributed by atoms with Gasteiger partial charge in [-0.05, 0) is 121 Å². The third kappa shape index (κ3) is 146. The van der Waals surface area contributed by atoms with E-state index >= 15 is 0 Å². The maximum absolute atomic E-state index is 10.4. The first-order valence-electron chi connectivity index (χ1n) is 33.8. The van der Waals surface area contributed by atoms with Gasteiger partial charge in [0.05, 0.1) is 6.10 Å². The molecule has 0 amide bonds. The second-order valence-electron chi connectivity index (χ2n) is 26.7. The van der Waals surface area contributed by atoms with E-state index in [1.165, 1.54) is 166 Å². The van der Waals surface area contributed by atoms with E-state index in [1.54, 1.807) is 0 Å². The number of alkyl halides is 6. The van der Waals surface area contributed by atoms with Crippen LogP contribution in [0.15, 0.2) is 30.3 Å². The highest BCUT2D eigenvalue weighted by Crippen LogP contribution is 2.28. The van der Waals surface area contributed by atoms with Crippen molar-refractivity contribution in [2.24, 2.45) is 64.6 Å². The van der Waals surface area contributed by atoms with E-state index in [0.29, 0.717) is 17.9 Å². The summed E-state index contributed by atoms with van der Waals surface area (Å²) in [5, 5.41) is 17.8. The van der Waals surface area contributed by atoms with Gasteiger partial charge in [-0.2, -0.15) is 13.2 Å². The molecule has 6 aliphatic rings. The lowest BCUT2D eigenvalue weighted by molar-refractivity contribution is -0.110. The Morgan fingerprint density at radius 1 is 0.506 bits per heavy atom. The van der Waals surface area contributed by atoms with Crippen LogP contribution in [0, 0.1) is 71.5 Å². The molecule has 0 radical (unpaired) electrons. The summed E-state index contributed by atoms with van der Waals surface area (Å²) in [6.07, 6.45) is 33.2. The molecule has 8 heteroatoms. The zero-order valence-electron chi connectivity index (χ0n) is 61.0. The van der Waals surface area contributed by atoms with Crippen LogP contribution in [0.1, 0.15) is 346 Å². The van der Waals surface area contributed by atoms with Crippen LogP contribution in [0.4, 0.5) is 13.2 Å². The van der Waals surface area contributed by atoms with E-state index in [4.69, 9.17) is 10.2 Å². The van der Waals surface area contributed by atoms with Crippen molar-refractivity contribution in [1.82, 2.24) is 0 Å². The molecule has 6 saturated carbocycles. The SMILES string of the molecule is C.CBr.CC.CC(C)(C)C.CC(C)C.CC(F)(F)F.CC1CC1.CC1CCC(CO)CC1.CC1CCC(O)CC1.CC1CCC1.CC1CCCC1.CC1CCCCC1.CCC.CCC(C)C.CCC(C)CC.CCl.CI.Cc1ccccc1. The zero-order chi connectivity index (χ0) is 66.6. The van der Waals surface area contributed by atoms with Crippen LogP contribution in [0.3, 0.4) is 0 Å². The molecule has 0 atom stereocenters. The van der Waals surface area contributed by atoms with Crippen molar-refractivity contribution in [3.63, 3.8) is 0 Å². The summed E-state index contributed by atoms with van der Waals surface area (Å²) in [5.41, 5.74) is 1.82. The van der Waals surface area contributed by atoms with E-state index in [-0.39, 0.29) is 20.5 Å². The van der Waals surface area contributed by atoms with Gasteiger partial charge in [-0.3, -0.25) is 0 Å². The summed E-state index contributed by atoms with van der Waals surface area (Å²) in [4.78, 5) is 1.97. The Hall–Kier alpha value is 0.430. The molecule has 0 heterocycles. The molecule has 2 nitrogen and oxygen atoms in total. The van der Waals surface area contributed by atoms with Gasteiger partial charge in [0, 0.05) is 19.9 Å². The van der Waals surface area contributed by atoms with Crippen molar-refractivity contribution in [1.29, 1.82) is 0 Å². The molecule has 514 valence electrons. The van der Waals surface area contributed by atoms with Gasteiger partial charge in [0.15, 0.2) is 0 Å². The number of halogens is 6. The molecular weight excluding hydrogens is 1230 g/mol. The molecule has 0 aliphatic heterocycles. The smallest absolute Gasteiger partial charge is 0.386 e. The monoisotopic (exact) mass is 1390 g/mol. The topological polar surface area (TPSA) is 40.5 Å². The van der Waals surface area contributed by atoms with Gasteiger partial charge in [0.25, 0.3) is 0 Å². The van der Waals surface area contributed by atoms with Gasteiger partial charge in [0.1, 0.15) is 0 Å². The molecule has 83 heavy (non-hydrogen) atoms. The Bertz CT molecular complexity index is 1100. The largest absolute Gasteiger partial charge is 0.396 e. The van der Waals surface area contributed by atoms with Gasteiger partial charge in [-0.15, -0.1) is 11.6 Å². The standard InChI is InChI=1S/C8H16O.C7H14O.C7H14.C7H8.C6H12.C6H14.C5H10.2C5H12.C4H8.C4H10.C3H8.C2H3F3.C2H6.CH3Br.CH3Cl.CH3I.CH4/c1-7-2-4-8(6-9)5-3-7;1-6-2-4-7(8)5-3-6;2*1-7-5-3-2-4-6-7;1-6-4-2-3-5-6;1-4-6(3)5-2;1-5-3-2-4-5;1-5(2,3)4;1-4-5(2)3;1-4-2-3-4;1-4(2)3;1-3-2;1-2(3,4)5;4*1-2;/h7-9H,2-6H2,1H3;6-8H,2-5H2,1H3;7H,2-6H2,1H3;2-6H,1H3;6H,2-5H2,1H3;6H,4-5H2,1-3H3;5H,2-4H2,1H3;1-4H3;5H,4H2,1-3H3;4H,2-3H2,1H3;4H,1-3H3;3H2,1-2H3;1H3;1-2H3;3*1H3;1H4. The van der Waals surface area contributed by atoms with Crippen molar-refractivity contribution in [3.05, 3.63) is 35.9 Å². The van der Waals surface area contributed by atoms with E-state index < -0.39 is 6.18 Å². The predicted molar refractivity (Wildman–Crippen MR) is 397 cm³/mol. The molecule has 0 spiro atoms. The normalized spacial score (nSPS) is 19.0. The third-order valence-corrected chi connectivity index (χ3v) is 13.3. The van der Waals surface area contributed by atoms with Crippen molar-refractivity contribution < 1.29 is 23.4 Å². The van der Waals surface area contributed by atoms with Crippen LogP contribution in [0.5, 0.6) is 0 Å². The van der Waals surface area contributed by atoms with Crippen LogP contribution in [0.2, 0.25) is 0 Å². The summed E-state index contributed by atoms with van der Waals surface area (Å²) < 4.78 is 31.1. The molecule has 0 aromatic heterocycles. The summed E-state index contributed by atoms with van der Waals surface area (Å²) in [6.45, 7) is 53.4. The maximum atomic E-state index is 10.4. The van der Waals surface area contributed by atoms with Gasteiger partial charge >= 0.3 is 6.18 Å². The Morgan fingerprint density at radius 3 is 0.843 bits per heavy atom. The summed E-state index contributed by atoms with van der Waals surface area (Å²) in [7, 11) is 0. The minimum Gasteiger partial charge on any atom is -0.396 e. The predicted octanol–water partition coefficient (Wildman–Crippen LogP) is 29.1. The molecular formula is C75H160BrClF3IO2. The molecule has 1 aromatic carbocycles. The summed E-state index contributed by atoms with van der Waals surface area (Å²) in [6, 6.07) is 10.3. The number of aryl methyl sites for hydroxylation is 1. The fourth-order valence-electron chi connectivity index (χ4n) is 6.79. The second kappa shape index (κ2) is 84.5. The van der Waals surface area contributed by atoms with Crippen LogP contribution >= 0.6 is 50.1 Å². The molecule has 0 bridgehead atoms. The minimum absolute atomic E-state index is 0. The number of benzene rings is 1. The van der Waals surface area contributed by atoms with Gasteiger partial charge < -0.3 is 10.2 Å². The van der Waals surface area contributed by atoms with Crippen LogP contribution < -0.4 is 0 Å². The van der Waals surface area contributed by atoms with E-state index in [2.05, 4.69) is 215 Å². The molecule has 7 rings (SSSR count). The maximum Gasteiger partial charge on any atom is 0.386 e. The highest BCUT2D eigenvalue weighted by molar-refractivity contribution is 14.1. The number of hydrogen-bond donors (Lipinski definition) is 2. The number of rotatable bonds is 4.